The quantitative estimate of drug-likeness (QED) is 0.610. The van der Waals surface area contributed by atoms with E-state index >= 15 is 0 Å². The molecule has 1 aromatic carbocycles. The van der Waals surface area contributed by atoms with Gasteiger partial charge in [0, 0.05) is 32.1 Å². The zero-order valence-corrected chi connectivity index (χ0v) is 16.2. The molecule has 3 rings (SSSR count). The number of hydrogen-bond acceptors (Lipinski definition) is 4. The Bertz CT molecular complexity index is 631. The number of piperidine rings is 1. The number of para-hydroxylation sites is 1. The summed E-state index contributed by atoms with van der Waals surface area (Å²) in [6.07, 6.45) is 2.54. The van der Waals surface area contributed by atoms with Gasteiger partial charge in [-0.05, 0) is 38.3 Å². The Morgan fingerprint density at radius 3 is 2.78 bits per heavy atom. The molecule has 1 atom stereocenters. The minimum Gasteiger partial charge on any atom is -0.488 e. The molecule has 0 aliphatic carbocycles. The number of benzene rings is 1. The zero-order chi connectivity index (χ0) is 19.1. The lowest BCUT2D eigenvalue weighted by Crippen LogP contribution is -2.50. The molecule has 1 aromatic rings. The number of hydrogen-bond donors (Lipinski definition) is 2. The molecule has 7 heteroatoms. The number of rotatable bonds is 5. The van der Waals surface area contributed by atoms with Crippen molar-refractivity contribution in [2.24, 2.45) is 4.99 Å². The second-order valence-electron chi connectivity index (χ2n) is 6.88. The third-order valence-electron chi connectivity index (χ3n) is 4.87. The molecule has 1 saturated heterocycles. The summed E-state index contributed by atoms with van der Waals surface area (Å²) >= 11 is 0. The van der Waals surface area contributed by atoms with Gasteiger partial charge in [0.15, 0.2) is 5.96 Å². The van der Waals surface area contributed by atoms with E-state index in [1.165, 1.54) is 5.56 Å². The van der Waals surface area contributed by atoms with E-state index in [1.54, 1.807) is 4.90 Å². The van der Waals surface area contributed by atoms with Crippen LogP contribution in [0.4, 0.5) is 4.79 Å². The monoisotopic (exact) mass is 374 g/mol. The number of amides is 1. The zero-order valence-electron chi connectivity index (χ0n) is 16.2. The first-order valence-corrected chi connectivity index (χ1v) is 9.90. The van der Waals surface area contributed by atoms with Gasteiger partial charge in [-0.3, -0.25) is 0 Å². The third kappa shape index (κ3) is 5.28. The third-order valence-corrected chi connectivity index (χ3v) is 4.87. The number of carbonyl (C=O) groups excluding carboxylic acids is 1. The smallest absolute Gasteiger partial charge is 0.409 e. The number of likely N-dealkylation sites (tertiary alicyclic amines) is 1. The van der Waals surface area contributed by atoms with Crippen LogP contribution in [0.2, 0.25) is 0 Å². The molecule has 2 aliphatic rings. The fourth-order valence-corrected chi connectivity index (χ4v) is 3.48. The van der Waals surface area contributed by atoms with Crippen LogP contribution in [0.1, 0.15) is 32.3 Å². The van der Waals surface area contributed by atoms with Crippen molar-refractivity contribution in [2.75, 3.05) is 32.8 Å². The van der Waals surface area contributed by atoms with Crippen LogP contribution < -0.4 is 15.4 Å². The lowest BCUT2D eigenvalue weighted by molar-refractivity contribution is 0.0963. The molecule has 2 heterocycles. The maximum atomic E-state index is 11.8. The molecule has 1 fully saturated rings. The molecular weight excluding hydrogens is 344 g/mol. The number of nitrogens with one attached hydrogen (secondary N) is 2. The molecular formula is C20H30N4O3. The van der Waals surface area contributed by atoms with Crippen LogP contribution >= 0.6 is 0 Å². The molecule has 0 spiro atoms. The Kier molecular flexibility index (Phi) is 6.79. The highest BCUT2D eigenvalue weighted by Gasteiger charge is 2.25. The van der Waals surface area contributed by atoms with Crippen LogP contribution in [0.25, 0.3) is 0 Å². The van der Waals surface area contributed by atoms with Gasteiger partial charge in [-0.25, -0.2) is 9.79 Å². The summed E-state index contributed by atoms with van der Waals surface area (Å²) in [7, 11) is 0. The van der Waals surface area contributed by atoms with Crippen molar-refractivity contribution in [1.82, 2.24) is 15.5 Å². The van der Waals surface area contributed by atoms with Crippen LogP contribution in [0.15, 0.2) is 29.3 Å². The maximum absolute atomic E-state index is 11.8. The van der Waals surface area contributed by atoms with Crippen molar-refractivity contribution in [3.8, 4) is 5.75 Å². The van der Waals surface area contributed by atoms with Crippen molar-refractivity contribution in [3.05, 3.63) is 29.8 Å². The van der Waals surface area contributed by atoms with Crippen molar-refractivity contribution in [2.45, 2.75) is 45.3 Å². The molecule has 148 valence electrons. The van der Waals surface area contributed by atoms with Gasteiger partial charge in [0.1, 0.15) is 11.9 Å². The van der Waals surface area contributed by atoms with E-state index in [0.717, 1.165) is 37.5 Å². The summed E-state index contributed by atoms with van der Waals surface area (Å²) < 4.78 is 11.0. The molecule has 0 radical (unpaired) electrons. The average molecular weight is 374 g/mol. The Hall–Kier alpha value is -2.44. The maximum Gasteiger partial charge on any atom is 0.409 e. The predicted molar refractivity (Wildman–Crippen MR) is 105 cm³/mol. The molecule has 2 N–H and O–H groups in total. The van der Waals surface area contributed by atoms with Crippen LogP contribution in [-0.2, 0) is 11.2 Å². The summed E-state index contributed by atoms with van der Waals surface area (Å²) in [6.45, 7) is 7.14. The number of guanidine groups is 1. The van der Waals surface area contributed by atoms with Gasteiger partial charge in [0.25, 0.3) is 0 Å². The Morgan fingerprint density at radius 1 is 1.30 bits per heavy atom. The Labute approximate surface area is 161 Å². The van der Waals surface area contributed by atoms with Gasteiger partial charge in [0.05, 0.1) is 13.2 Å². The number of aliphatic imine (C=N–C) groups is 1. The molecule has 27 heavy (non-hydrogen) atoms. The van der Waals surface area contributed by atoms with Crippen LogP contribution in [-0.4, -0.2) is 61.9 Å². The second-order valence-corrected chi connectivity index (χ2v) is 6.88. The fraction of sp³-hybridized carbons (Fsp3) is 0.600. The van der Waals surface area contributed by atoms with Gasteiger partial charge in [-0.1, -0.05) is 18.2 Å². The van der Waals surface area contributed by atoms with E-state index in [-0.39, 0.29) is 12.2 Å². The highest BCUT2D eigenvalue weighted by molar-refractivity contribution is 5.80. The highest BCUT2D eigenvalue weighted by atomic mass is 16.6. The Morgan fingerprint density at radius 2 is 2.07 bits per heavy atom. The van der Waals surface area contributed by atoms with Gasteiger partial charge >= 0.3 is 6.09 Å². The molecule has 0 saturated carbocycles. The van der Waals surface area contributed by atoms with E-state index < -0.39 is 0 Å². The van der Waals surface area contributed by atoms with Crippen LogP contribution in [0.3, 0.4) is 0 Å². The van der Waals surface area contributed by atoms with E-state index in [4.69, 9.17) is 14.5 Å². The molecule has 0 aromatic heterocycles. The molecule has 2 aliphatic heterocycles. The minimum absolute atomic E-state index is 0.0866. The molecule has 7 nitrogen and oxygen atoms in total. The largest absolute Gasteiger partial charge is 0.488 e. The van der Waals surface area contributed by atoms with Gasteiger partial charge in [0.2, 0.25) is 0 Å². The summed E-state index contributed by atoms with van der Waals surface area (Å²) in [6, 6.07) is 8.47. The minimum atomic E-state index is -0.213. The van der Waals surface area contributed by atoms with Crippen molar-refractivity contribution in [3.63, 3.8) is 0 Å². The van der Waals surface area contributed by atoms with Crippen molar-refractivity contribution in [1.29, 1.82) is 0 Å². The number of ether oxygens (including phenoxy) is 2. The van der Waals surface area contributed by atoms with E-state index in [2.05, 4.69) is 23.6 Å². The van der Waals surface area contributed by atoms with E-state index in [1.807, 2.05) is 25.1 Å². The first-order chi connectivity index (χ1) is 13.2. The molecule has 1 unspecified atom stereocenters. The number of carbonyl (C=O) groups is 1. The van der Waals surface area contributed by atoms with Gasteiger partial charge in [-0.15, -0.1) is 0 Å². The van der Waals surface area contributed by atoms with Crippen molar-refractivity contribution < 1.29 is 14.3 Å². The first-order valence-electron chi connectivity index (χ1n) is 9.90. The lowest BCUT2D eigenvalue weighted by atomic mass is 10.1. The van der Waals surface area contributed by atoms with Gasteiger partial charge in [-0.2, -0.15) is 0 Å². The topological polar surface area (TPSA) is 75.2 Å². The summed E-state index contributed by atoms with van der Waals surface area (Å²) in [5.41, 5.74) is 1.25. The van der Waals surface area contributed by atoms with Gasteiger partial charge < -0.3 is 25.0 Å². The average Bonchev–Trinajstić information content (AvgIpc) is 3.10. The second kappa shape index (κ2) is 9.48. The predicted octanol–water partition coefficient (Wildman–Crippen LogP) is 2.17. The van der Waals surface area contributed by atoms with Crippen LogP contribution in [0, 0.1) is 0 Å². The fourth-order valence-electron chi connectivity index (χ4n) is 3.48. The standard InChI is InChI=1S/C20H30N4O3/c1-3-21-19(22-14-17-13-15-7-5-6-8-18(15)27-17)23-16-9-11-24(12-10-16)20(25)26-4-2/h5-8,16-17H,3-4,9-14H2,1-2H3,(H2,21,22,23). The van der Waals surface area contributed by atoms with Crippen LogP contribution in [0.5, 0.6) is 5.75 Å². The summed E-state index contributed by atoms with van der Waals surface area (Å²) in [5.74, 6) is 1.79. The Balaban J connectivity index is 1.48. The van der Waals surface area contributed by atoms with E-state index in [0.29, 0.717) is 32.3 Å². The number of nitrogens with zero attached hydrogens (tertiary/aromatic N) is 2. The SMILES string of the molecule is CCNC(=NCC1Cc2ccccc2O1)NC1CCN(C(=O)OCC)CC1. The van der Waals surface area contributed by atoms with Crippen molar-refractivity contribution >= 4 is 12.1 Å². The number of fused-ring (bicyclic) bond motifs is 1. The first kappa shape index (κ1) is 19.3. The highest BCUT2D eigenvalue weighted by Crippen LogP contribution is 2.28. The molecule has 1 amide bonds. The summed E-state index contributed by atoms with van der Waals surface area (Å²) in [5, 5.41) is 6.81. The lowest BCUT2D eigenvalue weighted by Gasteiger charge is -2.32. The normalized spacial score (nSPS) is 20.0. The molecule has 0 bridgehead atoms. The summed E-state index contributed by atoms with van der Waals surface area (Å²) in [4.78, 5) is 18.3. The van der Waals surface area contributed by atoms with E-state index in [9.17, 15) is 4.79 Å².